The fourth-order valence-corrected chi connectivity index (χ4v) is 2.69. The summed E-state index contributed by atoms with van der Waals surface area (Å²) in [7, 11) is 0. The van der Waals surface area contributed by atoms with Gasteiger partial charge in [-0.3, -0.25) is 4.98 Å². The van der Waals surface area contributed by atoms with Gasteiger partial charge in [0.1, 0.15) is 11.3 Å². The predicted molar refractivity (Wildman–Crippen MR) is 78.3 cm³/mol. The fraction of sp³-hybridized carbons (Fsp3) is 0.429. The molecule has 1 atom stereocenters. The summed E-state index contributed by atoms with van der Waals surface area (Å²) in [4.78, 5) is 8.71. The van der Waals surface area contributed by atoms with Gasteiger partial charge in [0.05, 0.1) is 12.1 Å². The number of rotatable bonds is 3. The van der Waals surface area contributed by atoms with E-state index in [0.29, 0.717) is 5.92 Å². The lowest BCUT2D eigenvalue weighted by Gasteiger charge is -2.22. The zero-order valence-electron chi connectivity index (χ0n) is 10.6. The molecule has 100 valence electrons. The Hall–Kier alpha value is -1.20. The number of ether oxygens (including phenoxy) is 1. The standard InChI is InChI=1S/C14H16BrN3O/c15-11-6-12-14(18-8-11)13(3-5-17-12)19-9-10-2-1-4-16-7-10/h3,5-6,8,10,16H,1-2,4,7,9H2. The highest BCUT2D eigenvalue weighted by molar-refractivity contribution is 9.10. The molecule has 1 saturated heterocycles. The van der Waals surface area contributed by atoms with E-state index in [1.165, 1.54) is 12.8 Å². The van der Waals surface area contributed by atoms with Crippen molar-refractivity contribution in [2.24, 2.45) is 5.92 Å². The Morgan fingerprint density at radius 1 is 1.42 bits per heavy atom. The van der Waals surface area contributed by atoms with Gasteiger partial charge in [0.15, 0.2) is 0 Å². The van der Waals surface area contributed by atoms with Crippen LogP contribution in [0.25, 0.3) is 11.0 Å². The summed E-state index contributed by atoms with van der Waals surface area (Å²) in [5.74, 6) is 1.41. The summed E-state index contributed by atoms with van der Waals surface area (Å²) in [6.07, 6.45) is 6.01. The van der Waals surface area contributed by atoms with Crippen LogP contribution in [0.4, 0.5) is 0 Å². The average Bonchev–Trinajstić information content (AvgIpc) is 2.45. The Morgan fingerprint density at radius 2 is 2.37 bits per heavy atom. The molecule has 0 aromatic carbocycles. The number of hydrogen-bond acceptors (Lipinski definition) is 4. The summed E-state index contributed by atoms with van der Waals surface area (Å²) in [6, 6.07) is 3.84. The fourth-order valence-electron chi connectivity index (χ4n) is 2.37. The zero-order valence-corrected chi connectivity index (χ0v) is 12.2. The first-order valence-corrected chi connectivity index (χ1v) is 7.36. The third-order valence-electron chi connectivity index (χ3n) is 3.38. The van der Waals surface area contributed by atoms with Crippen LogP contribution in [0.5, 0.6) is 5.75 Å². The van der Waals surface area contributed by atoms with Crippen LogP contribution >= 0.6 is 15.9 Å². The van der Waals surface area contributed by atoms with Crippen molar-refractivity contribution in [2.45, 2.75) is 12.8 Å². The molecule has 1 aliphatic rings. The Kier molecular flexibility index (Phi) is 3.94. The second-order valence-electron chi connectivity index (χ2n) is 4.85. The van der Waals surface area contributed by atoms with Crippen molar-refractivity contribution in [1.82, 2.24) is 15.3 Å². The maximum Gasteiger partial charge on any atom is 0.148 e. The molecule has 2 aromatic rings. The van der Waals surface area contributed by atoms with Crippen molar-refractivity contribution < 1.29 is 4.74 Å². The zero-order chi connectivity index (χ0) is 13.1. The van der Waals surface area contributed by atoms with E-state index >= 15 is 0 Å². The molecule has 19 heavy (non-hydrogen) atoms. The van der Waals surface area contributed by atoms with Crippen LogP contribution in [-0.4, -0.2) is 29.7 Å². The van der Waals surface area contributed by atoms with Crippen LogP contribution < -0.4 is 10.1 Å². The summed E-state index contributed by atoms with van der Waals surface area (Å²) in [6.45, 7) is 2.91. The molecule has 0 spiro atoms. The normalized spacial score (nSPS) is 19.5. The largest absolute Gasteiger partial charge is 0.491 e. The molecule has 2 aromatic heterocycles. The first-order valence-electron chi connectivity index (χ1n) is 6.57. The molecule has 3 rings (SSSR count). The van der Waals surface area contributed by atoms with E-state index in [0.717, 1.165) is 41.0 Å². The molecule has 1 fully saturated rings. The molecular formula is C14H16BrN3O. The third-order valence-corrected chi connectivity index (χ3v) is 3.81. The predicted octanol–water partition coefficient (Wildman–Crippen LogP) is 2.77. The van der Waals surface area contributed by atoms with Gasteiger partial charge >= 0.3 is 0 Å². The highest BCUT2D eigenvalue weighted by Gasteiger charge is 2.14. The number of fused-ring (bicyclic) bond motifs is 1. The van der Waals surface area contributed by atoms with Crippen LogP contribution in [0.15, 0.2) is 29.0 Å². The Morgan fingerprint density at radius 3 is 3.21 bits per heavy atom. The first-order chi connectivity index (χ1) is 9.33. The van der Waals surface area contributed by atoms with Gasteiger partial charge in [0, 0.05) is 35.4 Å². The van der Waals surface area contributed by atoms with E-state index in [2.05, 4.69) is 31.2 Å². The molecule has 0 bridgehead atoms. The molecule has 3 heterocycles. The molecule has 1 aliphatic heterocycles. The SMILES string of the molecule is Brc1cnc2c(OCC3CCCNC3)ccnc2c1. The van der Waals surface area contributed by atoms with Crippen LogP contribution in [0.1, 0.15) is 12.8 Å². The number of nitrogens with zero attached hydrogens (tertiary/aromatic N) is 2. The van der Waals surface area contributed by atoms with Crippen LogP contribution in [0.2, 0.25) is 0 Å². The second kappa shape index (κ2) is 5.84. The molecular weight excluding hydrogens is 306 g/mol. The quantitative estimate of drug-likeness (QED) is 0.944. The number of nitrogens with one attached hydrogen (secondary N) is 1. The number of piperidine rings is 1. The number of aromatic nitrogens is 2. The Balaban J connectivity index is 1.76. The number of pyridine rings is 2. The lowest BCUT2D eigenvalue weighted by Crippen LogP contribution is -2.33. The molecule has 4 nitrogen and oxygen atoms in total. The molecule has 1 N–H and O–H groups in total. The second-order valence-corrected chi connectivity index (χ2v) is 5.77. The van der Waals surface area contributed by atoms with Gasteiger partial charge in [-0.1, -0.05) is 0 Å². The van der Waals surface area contributed by atoms with E-state index in [-0.39, 0.29) is 0 Å². The topological polar surface area (TPSA) is 47.0 Å². The van der Waals surface area contributed by atoms with Gasteiger partial charge in [0.2, 0.25) is 0 Å². The lowest BCUT2D eigenvalue weighted by atomic mass is 10.0. The van der Waals surface area contributed by atoms with Crippen LogP contribution in [0.3, 0.4) is 0 Å². The minimum Gasteiger partial charge on any atom is -0.491 e. The van der Waals surface area contributed by atoms with Crippen molar-refractivity contribution >= 4 is 27.0 Å². The molecule has 1 unspecified atom stereocenters. The highest BCUT2D eigenvalue weighted by Crippen LogP contribution is 2.24. The molecule has 0 aliphatic carbocycles. The number of hydrogen-bond donors (Lipinski definition) is 1. The molecule has 0 amide bonds. The number of halogens is 1. The van der Waals surface area contributed by atoms with E-state index in [4.69, 9.17) is 4.74 Å². The van der Waals surface area contributed by atoms with Gasteiger partial charge in [-0.2, -0.15) is 0 Å². The van der Waals surface area contributed by atoms with Gasteiger partial charge < -0.3 is 10.1 Å². The summed E-state index contributed by atoms with van der Waals surface area (Å²) in [5.41, 5.74) is 1.68. The molecule has 5 heteroatoms. The Labute approximate surface area is 120 Å². The molecule has 0 radical (unpaired) electrons. The van der Waals surface area contributed by atoms with Crippen LogP contribution in [-0.2, 0) is 0 Å². The van der Waals surface area contributed by atoms with E-state index in [1.807, 2.05) is 12.1 Å². The highest BCUT2D eigenvalue weighted by atomic mass is 79.9. The third kappa shape index (κ3) is 3.04. The van der Waals surface area contributed by atoms with Gasteiger partial charge in [-0.25, -0.2) is 4.98 Å². The van der Waals surface area contributed by atoms with Gasteiger partial charge in [-0.15, -0.1) is 0 Å². The summed E-state index contributed by atoms with van der Waals surface area (Å²) < 4.78 is 6.87. The first kappa shape index (κ1) is 12.8. The van der Waals surface area contributed by atoms with Crippen molar-refractivity contribution in [1.29, 1.82) is 0 Å². The smallest absolute Gasteiger partial charge is 0.148 e. The van der Waals surface area contributed by atoms with Crippen molar-refractivity contribution in [3.8, 4) is 5.75 Å². The minimum absolute atomic E-state index is 0.590. The maximum atomic E-state index is 5.94. The van der Waals surface area contributed by atoms with Crippen molar-refractivity contribution in [3.05, 3.63) is 29.0 Å². The maximum absolute atomic E-state index is 5.94. The average molecular weight is 322 g/mol. The summed E-state index contributed by atoms with van der Waals surface area (Å²) >= 11 is 3.41. The van der Waals surface area contributed by atoms with Gasteiger partial charge in [0.25, 0.3) is 0 Å². The minimum atomic E-state index is 0.590. The molecule has 0 saturated carbocycles. The monoisotopic (exact) mass is 321 g/mol. The Bertz CT molecular complexity index is 570. The lowest BCUT2D eigenvalue weighted by molar-refractivity contribution is 0.220. The van der Waals surface area contributed by atoms with Gasteiger partial charge in [-0.05, 0) is 41.4 Å². The van der Waals surface area contributed by atoms with E-state index in [9.17, 15) is 0 Å². The van der Waals surface area contributed by atoms with E-state index in [1.54, 1.807) is 12.4 Å². The van der Waals surface area contributed by atoms with Crippen molar-refractivity contribution in [2.75, 3.05) is 19.7 Å². The van der Waals surface area contributed by atoms with Crippen molar-refractivity contribution in [3.63, 3.8) is 0 Å². The summed E-state index contributed by atoms with van der Waals surface area (Å²) in [5, 5.41) is 3.40. The van der Waals surface area contributed by atoms with E-state index < -0.39 is 0 Å². The van der Waals surface area contributed by atoms with Crippen LogP contribution in [0, 0.1) is 5.92 Å².